The summed E-state index contributed by atoms with van der Waals surface area (Å²) in [5, 5.41) is 0. The first-order valence-corrected chi connectivity index (χ1v) is 9.22. The fraction of sp³-hybridized carbons (Fsp3) is 0.0833. The van der Waals surface area contributed by atoms with Gasteiger partial charge < -0.3 is 0 Å². The van der Waals surface area contributed by atoms with E-state index in [0.29, 0.717) is 0 Å². The highest BCUT2D eigenvalue weighted by Gasteiger charge is 2.23. The van der Waals surface area contributed by atoms with E-state index >= 15 is 0 Å². The molecule has 5 rings (SSSR count). The first-order valence-electron chi connectivity index (χ1n) is 10.2. The van der Waals surface area contributed by atoms with Gasteiger partial charge in [-0.3, -0.25) is 9.46 Å². The van der Waals surface area contributed by atoms with E-state index in [0.717, 1.165) is 12.0 Å². The Kier molecular flexibility index (Phi) is 4.75. The quantitative estimate of drug-likeness (QED) is 0.444. The van der Waals surface area contributed by atoms with Crippen molar-refractivity contribution in [3.05, 3.63) is 108 Å². The van der Waals surface area contributed by atoms with Crippen molar-refractivity contribution in [2.24, 2.45) is 0 Å². The summed E-state index contributed by atoms with van der Waals surface area (Å²) in [6, 6.07) is 29.1. The second kappa shape index (κ2) is 8.00. The summed E-state index contributed by atoms with van der Waals surface area (Å²) >= 11 is 0. The number of benzene rings is 2. The Morgan fingerprint density at radius 3 is 2.44 bits per heavy atom. The molecule has 0 aliphatic carbocycles. The van der Waals surface area contributed by atoms with Crippen LogP contribution < -0.4 is 4.48 Å². The highest BCUT2D eigenvalue weighted by Crippen LogP contribution is 2.23. The van der Waals surface area contributed by atoms with E-state index in [1.54, 1.807) is 0 Å². The van der Waals surface area contributed by atoms with Gasteiger partial charge in [-0.2, -0.15) is 0 Å². The van der Waals surface area contributed by atoms with Crippen molar-refractivity contribution in [2.45, 2.75) is 13.2 Å². The van der Waals surface area contributed by atoms with Gasteiger partial charge in [0.1, 0.15) is 6.20 Å². The summed E-state index contributed by atoms with van der Waals surface area (Å²) in [5.41, 5.74) is 7.58. The number of aryl methyl sites for hydroxylation is 1. The molecule has 2 nitrogen and oxygen atoms in total. The van der Waals surface area contributed by atoms with Gasteiger partial charge in [0.25, 0.3) is 0 Å². The molecule has 4 aromatic rings. The minimum atomic E-state index is 1.03. The molecule has 0 saturated heterocycles. The van der Waals surface area contributed by atoms with Crippen LogP contribution in [0.25, 0.3) is 22.5 Å². The van der Waals surface area contributed by atoms with Gasteiger partial charge in [-0.25, -0.2) is 0 Å². The molecule has 1 aliphatic rings. The summed E-state index contributed by atoms with van der Waals surface area (Å²) in [7, 11) is 2.22. The van der Waals surface area contributed by atoms with Crippen molar-refractivity contribution in [2.75, 3.05) is 0 Å². The standard InChI is InChI=1S/C12H10BN.C12H11N.H2/c1-2-6-11-10(5-1)9-13-14-8-4-3-7-12(11)14;1-10-6-2-3-7-11(10)12-8-4-5-9-13-12;/h1-8H,9H2;2-9H,1H3;1H/q+1;;/i;;1+2D. The van der Waals surface area contributed by atoms with E-state index in [9.17, 15) is 0 Å². The van der Waals surface area contributed by atoms with Crippen molar-refractivity contribution in [3.8, 4) is 22.5 Å². The van der Waals surface area contributed by atoms with E-state index in [2.05, 4.69) is 84.6 Å². The summed E-state index contributed by atoms with van der Waals surface area (Å²) in [5.74, 6) is 0. The molecule has 2 aromatic heterocycles. The van der Waals surface area contributed by atoms with E-state index in [4.69, 9.17) is 2.97 Å². The Labute approximate surface area is 164 Å². The smallest absolute Gasteiger partial charge is 0.284 e. The third-order valence-corrected chi connectivity index (χ3v) is 4.78. The lowest BCUT2D eigenvalue weighted by Gasteiger charge is -2.12. The second-order valence-corrected chi connectivity index (χ2v) is 6.57. The van der Waals surface area contributed by atoms with Crippen molar-refractivity contribution in [1.82, 2.24) is 4.98 Å². The molecule has 0 saturated carbocycles. The minimum absolute atomic E-state index is 1.03. The Bertz CT molecular complexity index is 1010. The molecule has 131 valence electrons. The first-order chi connectivity index (χ1) is 14.3. The number of pyridine rings is 2. The molecule has 2 aromatic carbocycles. The molecule has 0 N–H and O–H groups in total. The van der Waals surface area contributed by atoms with Crippen LogP contribution >= 0.6 is 0 Å². The van der Waals surface area contributed by atoms with E-state index < -0.39 is 0 Å². The van der Waals surface area contributed by atoms with Crippen molar-refractivity contribution >= 4 is 7.41 Å². The second-order valence-electron chi connectivity index (χ2n) is 6.57. The lowest BCUT2D eigenvalue weighted by molar-refractivity contribution is -0.519. The van der Waals surface area contributed by atoms with Crippen LogP contribution in [0.4, 0.5) is 0 Å². The van der Waals surface area contributed by atoms with Gasteiger partial charge in [0.15, 0.2) is 5.69 Å². The van der Waals surface area contributed by atoms with Crippen LogP contribution in [0.2, 0.25) is 0 Å². The maximum Gasteiger partial charge on any atom is 0.544 e. The van der Waals surface area contributed by atoms with Gasteiger partial charge >= 0.3 is 7.41 Å². The van der Waals surface area contributed by atoms with E-state index in [1.807, 2.05) is 36.5 Å². The number of nitrogens with zero attached hydrogens (tertiary/aromatic N) is 2. The molecular weight excluding hydrogens is 327 g/mol. The fourth-order valence-corrected chi connectivity index (χ4v) is 3.37. The highest BCUT2D eigenvalue weighted by atomic mass is 14.9. The molecular formula is C24H23BN2+. The van der Waals surface area contributed by atoms with Crippen molar-refractivity contribution in [3.63, 3.8) is 0 Å². The van der Waals surface area contributed by atoms with Gasteiger partial charge in [0.2, 0.25) is 0 Å². The van der Waals surface area contributed by atoms with Crippen LogP contribution in [0, 0.1) is 6.92 Å². The van der Waals surface area contributed by atoms with Crippen LogP contribution in [-0.4, -0.2) is 12.4 Å². The summed E-state index contributed by atoms with van der Waals surface area (Å²) in [4.78, 5) is 4.31. The van der Waals surface area contributed by atoms with Crippen LogP contribution in [-0.2, 0) is 6.32 Å². The molecule has 1 radical (unpaired) electrons. The number of rotatable bonds is 1. The Morgan fingerprint density at radius 1 is 0.889 bits per heavy atom. The summed E-state index contributed by atoms with van der Waals surface area (Å²) < 4.78 is 12.2. The SMILES string of the molecule is Cc1ccccc1-c1ccccn1.[2H][3H].[B]1Cc2ccccc2-c2cccc[n+]21. The maximum atomic E-state index is 5.00. The zero-order chi connectivity index (χ0) is 20.5. The van der Waals surface area contributed by atoms with Crippen LogP contribution in [0.15, 0.2) is 97.3 Å². The number of fused-ring (bicyclic) bond motifs is 3. The zero-order valence-corrected chi connectivity index (χ0v) is 15.4. The molecule has 1 aliphatic heterocycles. The number of hydrogen-bond donors (Lipinski definition) is 0. The van der Waals surface area contributed by atoms with Crippen LogP contribution in [0.1, 0.15) is 14.1 Å². The third kappa shape index (κ3) is 3.82. The Balaban J connectivity index is 0.000000153. The van der Waals surface area contributed by atoms with Crippen LogP contribution in [0.3, 0.4) is 0 Å². The molecule has 0 spiro atoms. The topological polar surface area (TPSA) is 16.8 Å². The normalized spacial score (nSPS) is 11.6. The Hall–Kier alpha value is -3.20. The van der Waals surface area contributed by atoms with Crippen LogP contribution in [0.5, 0.6) is 0 Å². The lowest BCUT2D eigenvalue weighted by atomic mass is 9.77. The van der Waals surface area contributed by atoms with Gasteiger partial charge in [-0.15, -0.1) is 0 Å². The van der Waals surface area contributed by atoms with Crippen molar-refractivity contribution in [1.29, 1.82) is 0 Å². The number of aromatic nitrogens is 2. The van der Waals surface area contributed by atoms with E-state index in [1.165, 1.54) is 27.9 Å². The predicted octanol–water partition coefficient (Wildman–Crippen LogP) is 4.93. The molecule has 0 fully saturated rings. The third-order valence-electron chi connectivity index (χ3n) is 4.78. The monoisotopic (exact) mass is 353 g/mol. The summed E-state index contributed by atoms with van der Waals surface area (Å²) in [6.07, 6.45) is 4.95. The highest BCUT2D eigenvalue weighted by molar-refractivity contribution is 6.25. The molecule has 0 bridgehead atoms. The van der Waals surface area contributed by atoms with Gasteiger partial charge in [-0.05, 0) is 48.4 Å². The molecule has 27 heavy (non-hydrogen) atoms. The molecule has 0 atom stereocenters. The number of hydrogen-bond acceptors (Lipinski definition) is 1. The maximum absolute atomic E-state index is 5.00. The Morgan fingerprint density at radius 2 is 1.63 bits per heavy atom. The van der Waals surface area contributed by atoms with Gasteiger partial charge in [0.05, 0.1) is 5.69 Å². The minimum Gasteiger partial charge on any atom is -0.284 e. The molecule has 3 heterocycles. The fourth-order valence-electron chi connectivity index (χ4n) is 3.37. The molecule has 0 unspecified atom stereocenters. The predicted molar refractivity (Wildman–Crippen MR) is 113 cm³/mol. The van der Waals surface area contributed by atoms with Gasteiger partial charge in [-0.1, -0.05) is 48.5 Å². The zero-order valence-electron chi connectivity index (χ0n) is 17.4. The van der Waals surface area contributed by atoms with E-state index in [-0.39, 0.29) is 0 Å². The van der Waals surface area contributed by atoms with Crippen molar-refractivity contribution < 1.29 is 7.45 Å². The largest absolute Gasteiger partial charge is 0.544 e. The molecule has 0 amide bonds. The van der Waals surface area contributed by atoms with Gasteiger partial charge in [0, 0.05) is 32.7 Å². The summed E-state index contributed by atoms with van der Waals surface area (Å²) in [6.45, 7) is 2.10. The molecule has 3 heteroatoms. The lowest BCUT2D eigenvalue weighted by Crippen LogP contribution is -2.45. The average molecular weight is 353 g/mol. The first kappa shape index (κ1) is 16.0. The average Bonchev–Trinajstić information content (AvgIpc) is 2.82.